The van der Waals surface area contributed by atoms with Gasteiger partial charge in [-0.15, -0.1) is 0 Å². The van der Waals surface area contributed by atoms with Crippen LogP contribution in [0.3, 0.4) is 0 Å². The molecule has 0 fully saturated rings. The lowest BCUT2D eigenvalue weighted by molar-refractivity contribution is 0.0677. The van der Waals surface area contributed by atoms with Crippen LogP contribution in [0.4, 0.5) is 0 Å². The van der Waals surface area contributed by atoms with Crippen LogP contribution in [-0.2, 0) is 19.9 Å². The molecule has 0 bridgehead atoms. The van der Waals surface area contributed by atoms with Crippen LogP contribution in [0.5, 0.6) is 5.75 Å². The van der Waals surface area contributed by atoms with Gasteiger partial charge in [0.2, 0.25) is 0 Å². The third-order valence-corrected chi connectivity index (χ3v) is 3.57. The van der Waals surface area contributed by atoms with Crippen molar-refractivity contribution in [3.8, 4) is 5.75 Å². The van der Waals surface area contributed by atoms with Crippen LogP contribution < -0.4 is 0 Å². The van der Waals surface area contributed by atoms with Gasteiger partial charge in [0.1, 0.15) is 5.75 Å². The molecule has 0 spiro atoms. The van der Waals surface area contributed by atoms with Gasteiger partial charge in [-0.3, -0.25) is 9.79 Å². The number of hydrogen-bond donors (Lipinski definition) is 3. The quantitative estimate of drug-likeness (QED) is 0.719. The van der Waals surface area contributed by atoms with Gasteiger partial charge in [0.05, 0.1) is 5.56 Å². The molecule has 3 N–H and O–H groups in total. The summed E-state index contributed by atoms with van der Waals surface area (Å²) in [4.78, 5) is 29.5. The van der Waals surface area contributed by atoms with E-state index in [0.717, 1.165) is 0 Å². The first-order valence-electron chi connectivity index (χ1n) is 6.80. The Morgan fingerprint density at radius 3 is 1.64 bits per heavy atom. The van der Waals surface area contributed by atoms with Crippen molar-refractivity contribution in [2.75, 3.05) is 0 Å². The zero-order chi connectivity index (χ0) is 17.5. The molecule has 6 nitrogen and oxygen atoms in total. The maximum Gasteiger partial charge on any atom is 0.527 e. The summed E-state index contributed by atoms with van der Waals surface area (Å²) in [5, 5.41) is 10.5. The van der Waals surface area contributed by atoms with E-state index in [-0.39, 0.29) is 11.3 Å². The highest BCUT2D eigenvalue weighted by atomic mass is 31.2. The molecule has 1 aromatic carbocycles. The Balaban J connectivity index is 3.55. The van der Waals surface area contributed by atoms with E-state index in [0.29, 0.717) is 11.1 Å². The molecule has 124 valence electrons. The minimum atomic E-state index is -4.92. The largest absolute Gasteiger partial charge is 0.527 e. The molecule has 0 atom stereocenters. The number of carbonyl (C=O) groups is 1. The molecular weight excluding hydrogens is 307 g/mol. The second-order valence-electron chi connectivity index (χ2n) is 7.29. The Labute approximate surface area is 130 Å². The first-order valence-corrected chi connectivity index (χ1v) is 8.33. The number of aromatic hydroxyl groups is 1. The molecule has 0 aliphatic carbocycles. The third-order valence-electron chi connectivity index (χ3n) is 3.16. The molecule has 0 aromatic heterocycles. The fourth-order valence-electron chi connectivity index (χ4n) is 2.06. The van der Waals surface area contributed by atoms with Gasteiger partial charge in [0.15, 0.2) is 0 Å². The van der Waals surface area contributed by atoms with Crippen molar-refractivity contribution < 1.29 is 28.8 Å². The zero-order valence-electron chi connectivity index (χ0n) is 13.7. The van der Waals surface area contributed by atoms with Crippen LogP contribution >= 0.6 is 7.82 Å². The predicted molar refractivity (Wildman–Crippen MR) is 83.0 cm³/mol. The lowest BCUT2D eigenvalue weighted by Crippen LogP contribution is -2.19. The van der Waals surface area contributed by atoms with E-state index in [1.165, 1.54) is 12.1 Å². The topological polar surface area (TPSA) is 104 Å². The normalized spacial score (nSPS) is 13.1. The van der Waals surface area contributed by atoms with E-state index in [4.69, 9.17) is 9.79 Å². The smallest absolute Gasteiger partial charge is 0.507 e. The Morgan fingerprint density at radius 2 is 1.36 bits per heavy atom. The number of benzene rings is 1. The Morgan fingerprint density at radius 1 is 1.00 bits per heavy atom. The zero-order valence-corrected chi connectivity index (χ0v) is 14.6. The number of rotatable bonds is 2. The van der Waals surface area contributed by atoms with Gasteiger partial charge in [-0.2, -0.15) is 0 Å². The van der Waals surface area contributed by atoms with E-state index >= 15 is 0 Å². The molecule has 22 heavy (non-hydrogen) atoms. The summed E-state index contributed by atoms with van der Waals surface area (Å²) in [6.07, 6.45) is 0. The fraction of sp³-hybridized carbons (Fsp3) is 0.533. The second kappa shape index (κ2) is 5.69. The molecule has 7 heteroatoms. The minimum Gasteiger partial charge on any atom is -0.507 e. The fourth-order valence-corrected chi connectivity index (χ4v) is 2.38. The van der Waals surface area contributed by atoms with E-state index in [2.05, 4.69) is 4.52 Å². The van der Waals surface area contributed by atoms with Crippen LogP contribution in [0.2, 0.25) is 0 Å². The van der Waals surface area contributed by atoms with Crippen LogP contribution in [-0.4, -0.2) is 20.9 Å². The minimum absolute atomic E-state index is 0.00373. The number of phenols is 1. The summed E-state index contributed by atoms with van der Waals surface area (Å²) in [6, 6.07) is 2.81. The lowest BCUT2D eigenvalue weighted by Gasteiger charge is -2.27. The number of carbonyl (C=O) groups excluding carboxylic acids is 1. The molecule has 0 radical (unpaired) electrons. The van der Waals surface area contributed by atoms with Gasteiger partial charge in [0.25, 0.3) is 0 Å². The summed E-state index contributed by atoms with van der Waals surface area (Å²) < 4.78 is 15.0. The van der Waals surface area contributed by atoms with E-state index in [9.17, 15) is 14.5 Å². The maximum atomic E-state index is 11.9. The van der Waals surface area contributed by atoms with Crippen LogP contribution in [0.15, 0.2) is 12.1 Å². The van der Waals surface area contributed by atoms with Crippen molar-refractivity contribution in [1.29, 1.82) is 0 Å². The molecule has 1 rings (SSSR count). The van der Waals surface area contributed by atoms with E-state index in [1.807, 2.05) is 41.5 Å². The van der Waals surface area contributed by atoms with Crippen LogP contribution in [0.1, 0.15) is 63.0 Å². The summed E-state index contributed by atoms with van der Waals surface area (Å²) in [7, 11) is -4.92. The molecule has 0 saturated carbocycles. The SMILES string of the molecule is CC(C)(C)c1cc(C(=O)OP(=O)(O)O)cc(C(C)(C)C)c1O. The van der Waals surface area contributed by atoms with Gasteiger partial charge >= 0.3 is 13.8 Å². The van der Waals surface area contributed by atoms with Gasteiger partial charge in [0, 0.05) is 11.1 Å². The molecule has 0 aliphatic heterocycles. The number of phenolic OH excluding ortho intramolecular Hbond substituents is 1. The molecule has 1 aromatic rings. The van der Waals surface area contributed by atoms with Gasteiger partial charge in [-0.05, 0) is 23.0 Å². The molecule has 0 saturated heterocycles. The Bertz CT molecular complexity index is 595. The molecule has 0 amide bonds. The van der Waals surface area contributed by atoms with Gasteiger partial charge in [-0.1, -0.05) is 41.5 Å². The molecule has 0 heterocycles. The summed E-state index contributed by atoms with van der Waals surface area (Å²) >= 11 is 0. The Kier molecular flexibility index (Phi) is 4.83. The van der Waals surface area contributed by atoms with Crippen molar-refractivity contribution >= 4 is 13.8 Å². The summed E-state index contributed by atoms with van der Waals surface area (Å²) in [5.74, 6) is -1.04. The van der Waals surface area contributed by atoms with E-state index in [1.54, 1.807) is 0 Å². The average molecular weight is 330 g/mol. The van der Waals surface area contributed by atoms with Crippen molar-refractivity contribution in [3.63, 3.8) is 0 Å². The standard InChI is InChI=1S/C15H23O6P/c1-14(2,3)10-7-9(13(17)21-22(18,19)20)8-11(12(10)16)15(4,5)6/h7-8,16H,1-6H3,(H2,18,19,20). The molecule has 0 aliphatic rings. The van der Waals surface area contributed by atoms with Crippen molar-refractivity contribution in [2.24, 2.45) is 0 Å². The Hall–Kier alpha value is -1.36. The van der Waals surface area contributed by atoms with Crippen LogP contribution in [0, 0.1) is 0 Å². The number of hydrogen-bond acceptors (Lipinski definition) is 4. The first kappa shape index (κ1) is 18.7. The maximum absolute atomic E-state index is 11.9. The van der Waals surface area contributed by atoms with Crippen molar-refractivity contribution in [2.45, 2.75) is 52.4 Å². The van der Waals surface area contributed by atoms with Crippen LogP contribution in [0.25, 0.3) is 0 Å². The van der Waals surface area contributed by atoms with Crippen molar-refractivity contribution in [3.05, 3.63) is 28.8 Å². The second-order valence-corrected chi connectivity index (χ2v) is 8.45. The molecule has 0 unspecified atom stereocenters. The van der Waals surface area contributed by atoms with Gasteiger partial charge < -0.3 is 9.63 Å². The lowest BCUT2D eigenvalue weighted by atomic mass is 9.78. The first-order chi connectivity index (χ1) is 9.63. The highest BCUT2D eigenvalue weighted by molar-refractivity contribution is 7.46. The number of phosphoric acid groups is 1. The summed E-state index contributed by atoms with van der Waals surface area (Å²) in [6.45, 7) is 11.2. The molecular formula is C15H23O6P. The predicted octanol–water partition coefficient (Wildman–Crippen LogP) is 3.24. The monoisotopic (exact) mass is 330 g/mol. The van der Waals surface area contributed by atoms with E-state index < -0.39 is 24.6 Å². The van der Waals surface area contributed by atoms with Gasteiger partial charge in [-0.25, -0.2) is 9.36 Å². The average Bonchev–Trinajstić information content (AvgIpc) is 2.23. The van der Waals surface area contributed by atoms with Crippen molar-refractivity contribution in [1.82, 2.24) is 0 Å². The highest BCUT2D eigenvalue weighted by Gasteiger charge is 2.30. The summed E-state index contributed by atoms with van der Waals surface area (Å²) in [5.41, 5.74) is 0.108. The number of phosphoric ester groups is 1. The third kappa shape index (κ3) is 4.57. The highest BCUT2D eigenvalue weighted by Crippen LogP contribution is 2.41.